The van der Waals surface area contributed by atoms with E-state index in [0.717, 1.165) is 12.1 Å². The van der Waals surface area contributed by atoms with Gasteiger partial charge in [-0.2, -0.15) is 0 Å². The molecule has 0 spiro atoms. The Morgan fingerprint density at radius 3 is 2.88 bits per heavy atom. The van der Waals surface area contributed by atoms with Crippen LogP contribution in [0.15, 0.2) is 24.3 Å². The molecule has 1 saturated heterocycles. The van der Waals surface area contributed by atoms with E-state index in [1.165, 1.54) is 12.1 Å². The van der Waals surface area contributed by atoms with Gasteiger partial charge >= 0.3 is 0 Å². The van der Waals surface area contributed by atoms with Crippen LogP contribution in [0.5, 0.6) is 0 Å². The van der Waals surface area contributed by atoms with E-state index < -0.39 is 9.84 Å². The summed E-state index contributed by atoms with van der Waals surface area (Å²) in [6.45, 7) is 1.31. The molecule has 1 aliphatic rings. The molecule has 1 fully saturated rings. The van der Waals surface area contributed by atoms with Crippen molar-refractivity contribution in [3.05, 3.63) is 35.6 Å². The van der Waals surface area contributed by atoms with E-state index in [-0.39, 0.29) is 16.8 Å². The lowest BCUT2D eigenvalue weighted by Gasteiger charge is -2.10. The van der Waals surface area contributed by atoms with Crippen LogP contribution in [0.4, 0.5) is 4.39 Å². The van der Waals surface area contributed by atoms with Crippen LogP contribution in [0.3, 0.4) is 0 Å². The third-order valence-corrected chi connectivity index (χ3v) is 5.28. The standard InChI is InChI=1S/C12H16FNO2S/c13-11-3-1-2-10(8-11)5-7-17(15,16)12-4-6-14-9-12/h1-3,8,12,14H,4-7,9H2. The molecular weight excluding hydrogens is 241 g/mol. The van der Waals surface area contributed by atoms with Crippen LogP contribution in [-0.2, 0) is 16.3 Å². The maximum absolute atomic E-state index is 12.9. The summed E-state index contributed by atoms with van der Waals surface area (Å²) in [6, 6.07) is 6.11. The lowest BCUT2D eigenvalue weighted by Crippen LogP contribution is -2.27. The predicted molar refractivity (Wildman–Crippen MR) is 65.2 cm³/mol. The van der Waals surface area contributed by atoms with Crippen molar-refractivity contribution in [1.82, 2.24) is 5.32 Å². The average molecular weight is 257 g/mol. The zero-order valence-electron chi connectivity index (χ0n) is 9.52. The Bertz CT molecular complexity index is 481. The molecule has 0 amide bonds. The van der Waals surface area contributed by atoms with Crippen LogP contribution in [-0.4, -0.2) is 32.5 Å². The van der Waals surface area contributed by atoms with Crippen LogP contribution in [0.25, 0.3) is 0 Å². The topological polar surface area (TPSA) is 46.2 Å². The third-order valence-electron chi connectivity index (χ3n) is 3.09. The number of halogens is 1. The van der Waals surface area contributed by atoms with E-state index in [1.807, 2.05) is 0 Å². The number of nitrogens with one attached hydrogen (secondary N) is 1. The Morgan fingerprint density at radius 2 is 2.24 bits per heavy atom. The van der Waals surface area contributed by atoms with Crippen LogP contribution in [0, 0.1) is 5.82 Å². The molecule has 1 aliphatic heterocycles. The highest BCUT2D eigenvalue weighted by Gasteiger charge is 2.27. The zero-order valence-corrected chi connectivity index (χ0v) is 10.3. The largest absolute Gasteiger partial charge is 0.315 e. The number of benzene rings is 1. The molecule has 0 radical (unpaired) electrons. The second-order valence-electron chi connectivity index (χ2n) is 4.36. The second kappa shape index (κ2) is 5.14. The second-order valence-corrected chi connectivity index (χ2v) is 6.76. The SMILES string of the molecule is O=S(=O)(CCc1cccc(F)c1)C1CCNC1. The molecule has 0 saturated carbocycles. The summed E-state index contributed by atoms with van der Waals surface area (Å²) in [5.74, 6) is -0.217. The first kappa shape index (κ1) is 12.5. The van der Waals surface area contributed by atoms with Crippen LogP contribution in [0.1, 0.15) is 12.0 Å². The summed E-state index contributed by atoms with van der Waals surface area (Å²) in [7, 11) is -3.06. The Morgan fingerprint density at radius 1 is 1.41 bits per heavy atom. The highest BCUT2D eigenvalue weighted by atomic mass is 32.2. The van der Waals surface area contributed by atoms with Crippen molar-refractivity contribution < 1.29 is 12.8 Å². The maximum atomic E-state index is 12.9. The van der Waals surface area contributed by atoms with Crippen molar-refractivity contribution in [2.45, 2.75) is 18.1 Å². The molecule has 1 heterocycles. The summed E-state index contributed by atoms with van der Waals surface area (Å²) in [5, 5.41) is 2.78. The van der Waals surface area contributed by atoms with Crippen molar-refractivity contribution in [2.75, 3.05) is 18.8 Å². The van der Waals surface area contributed by atoms with Crippen molar-refractivity contribution in [3.63, 3.8) is 0 Å². The van der Waals surface area contributed by atoms with Gasteiger partial charge in [0.2, 0.25) is 0 Å². The Hall–Kier alpha value is -0.940. The van der Waals surface area contributed by atoms with E-state index in [9.17, 15) is 12.8 Å². The summed E-state index contributed by atoms with van der Waals surface area (Å²) in [4.78, 5) is 0. The lowest BCUT2D eigenvalue weighted by molar-refractivity contribution is 0.581. The Labute approximate surface area is 101 Å². The number of aryl methyl sites for hydroxylation is 1. The lowest BCUT2D eigenvalue weighted by atomic mass is 10.2. The van der Waals surface area contributed by atoms with Crippen molar-refractivity contribution in [2.24, 2.45) is 0 Å². The molecule has 94 valence electrons. The summed E-state index contributed by atoms with van der Waals surface area (Å²) in [5.41, 5.74) is 0.736. The predicted octanol–water partition coefficient (Wildman–Crippen LogP) is 1.14. The minimum absolute atomic E-state index is 0.100. The van der Waals surface area contributed by atoms with Crippen LogP contribution < -0.4 is 5.32 Å². The summed E-state index contributed by atoms with van der Waals surface area (Å²) >= 11 is 0. The van der Waals surface area contributed by atoms with Gasteiger partial charge in [-0.25, -0.2) is 12.8 Å². The maximum Gasteiger partial charge on any atom is 0.154 e. The van der Waals surface area contributed by atoms with Crippen molar-refractivity contribution in [1.29, 1.82) is 0 Å². The van der Waals surface area contributed by atoms with Gasteiger partial charge in [0.15, 0.2) is 9.84 Å². The minimum Gasteiger partial charge on any atom is -0.315 e. The van der Waals surface area contributed by atoms with Gasteiger partial charge in [0, 0.05) is 6.54 Å². The van der Waals surface area contributed by atoms with Crippen molar-refractivity contribution >= 4 is 9.84 Å². The molecule has 1 aromatic rings. The molecule has 1 aromatic carbocycles. The monoisotopic (exact) mass is 257 g/mol. The molecule has 1 unspecified atom stereocenters. The fourth-order valence-electron chi connectivity index (χ4n) is 2.05. The fourth-order valence-corrected chi connectivity index (χ4v) is 3.76. The molecule has 1 N–H and O–H groups in total. The fraction of sp³-hybridized carbons (Fsp3) is 0.500. The summed E-state index contributed by atoms with van der Waals surface area (Å²) < 4.78 is 36.8. The van der Waals surface area contributed by atoms with E-state index in [0.29, 0.717) is 19.4 Å². The van der Waals surface area contributed by atoms with E-state index in [1.54, 1.807) is 12.1 Å². The van der Waals surface area contributed by atoms with Gasteiger partial charge in [-0.15, -0.1) is 0 Å². The van der Waals surface area contributed by atoms with Crippen LogP contribution >= 0.6 is 0 Å². The molecular formula is C12H16FNO2S. The molecule has 0 aromatic heterocycles. The molecule has 0 aliphatic carbocycles. The first-order chi connectivity index (χ1) is 8.08. The van der Waals surface area contributed by atoms with Gasteiger partial charge in [-0.05, 0) is 37.1 Å². The summed E-state index contributed by atoms with van der Waals surface area (Å²) in [6.07, 6.45) is 1.07. The third kappa shape index (κ3) is 3.26. The van der Waals surface area contributed by atoms with Gasteiger partial charge in [0.1, 0.15) is 5.82 Å². The minimum atomic E-state index is -3.06. The van der Waals surface area contributed by atoms with E-state index in [4.69, 9.17) is 0 Å². The van der Waals surface area contributed by atoms with Gasteiger partial charge in [-0.3, -0.25) is 0 Å². The highest BCUT2D eigenvalue weighted by Crippen LogP contribution is 2.13. The van der Waals surface area contributed by atoms with Gasteiger partial charge in [0.25, 0.3) is 0 Å². The Kier molecular flexibility index (Phi) is 3.79. The van der Waals surface area contributed by atoms with Gasteiger partial charge < -0.3 is 5.32 Å². The van der Waals surface area contributed by atoms with Crippen molar-refractivity contribution in [3.8, 4) is 0 Å². The molecule has 0 bridgehead atoms. The highest BCUT2D eigenvalue weighted by molar-refractivity contribution is 7.92. The van der Waals surface area contributed by atoms with Crippen LogP contribution in [0.2, 0.25) is 0 Å². The number of hydrogen-bond donors (Lipinski definition) is 1. The zero-order chi connectivity index (χ0) is 12.3. The van der Waals surface area contributed by atoms with E-state index in [2.05, 4.69) is 5.32 Å². The van der Waals surface area contributed by atoms with Gasteiger partial charge in [-0.1, -0.05) is 12.1 Å². The molecule has 17 heavy (non-hydrogen) atoms. The smallest absolute Gasteiger partial charge is 0.154 e. The van der Waals surface area contributed by atoms with E-state index >= 15 is 0 Å². The Balaban J connectivity index is 1.97. The molecule has 1 atom stereocenters. The number of rotatable bonds is 4. The molecule has 2 rings (SSSR count). The molecule has 3 nitrogen and oxygen atoms in total. The first-order valence-electron chi connectivity index (χ1n) is 5.75. The molecule has 5 heteroatoms. The average Bonchev–Trinajstić information content (AvgIpc) is 2.81. The first-order valence-corrected chi connectivity index (χ1v) is 7.46. The quantitative estimate of drug-likeness (QED) is 0.880. The number of sulfone groups is 1. The normalized spacial score (nSPS) is 20.6. The number of hydrogen-bond acceptors (Lipinski definition) is 3. The van der Waals surface area contributed by atoms with Gasteiger partial charge in [0.05, 0.1) is 11.0 Å².